The maximum atomic E-state index is 13.9. The van der Waals surface area contributed by atoms with E-state index in [1.165, 1.54) is 0 Å². The predicted molar refractivity (Wildman–Crippen MR) is 135 cm³/mol. The highest BCUT2D eigenvalue weighted by atomic mass is 16.1. The number of hydrogen-bond donors (Lipinski definition) is 1. The first-order valence-electron chi connectivity index (χ1n) is 10.8. The molecule has 5 aromatic rings. The molecule has 0 saturated carbocycles. The summed E-state index contributed by atoms with van der Waals surface area (Å²) >= 11 is 0. The van der Waals surface area contributed by atoms with Crippen LogP contribution in [0.15, 0.2) is 114 Å². The van der Waals surface area contributed by atoms with Crippen molar-refractivity contribution in [2.75, 3.05) is 17.7 Å². The third kappa shape index (κ3) is 3.85. The van der Waals surface area contributed by atoms with Crippen molar-refractivity contribution in [2.45, 2.75) is 6.04 Å². The van der Waals surface area contributed by atoms with Crippen LogP contribution in [0.4, 0.5) is 17.3 Å². The van der Waals surface area contributed by atoms with E-state index in [9.17, 15) is 4.79 Å². The van der Waals surface area contributed by atoms with E-state index in [2.05, 4.69) is 4.98 Å². The van der Waals surface area contributed by atoms with E-state index in [1.807, 2.05) is 121 Å². The fourth-order valence-electron chi connectivity index (χ4n) is 4.22. The van der Waals surface area contributed by atoms with Gasteiger partial charge in [0.15, 0.2) is 0 Å². The van der Waals surface area contributed by atoms with Gasteiger partial charge in [-0.3, -0.25) is 9.36 Å². The summed E-state index contributed by atoms with van der Waals surface area (Å²) in [4.78, 5) is 20.5. The van der Waals surface area contributed by atoms with Crippen molar-refractivity contribution in [3.05, 3.63) is 131 Å². The largest absolute Gasteiger partial charge is 0.369 e. The van der Waals surface area contributed by atoms with Crippen molar-refractivity contribution >= 4 is 28.2 Å². The van der Waals surface area contributed by atoms with Crippen LogP contribution in [0.2, 0.25) is 0 Å². The van der Waals surface area contributed by atoms with Crippen LogP contribution in [0.1, 0.15) is 17.2 Å². The number of fused-ring (bicyclic) bond motifs is 1. The molecule has 2 N–H and O–H groups in total. The van der Waals surface area contributed by atoms with Crippen LogP contribution in [0.25, 0.3) is 10.9 Å². The van der Waals surface area contributed by atoms with Crippen LogP contribution in [-0.4, -0.2) is 16.6 Å². The fraction of sp³-hybridized carbons (Fsp3) is 0.0714. The minimum absolute atomic E-state index is 0.168. The molecule has 0 radical (unpaired) electrons. The maximum Gasteiger partial charge on any atom is 0.263 e. The number of aromatic nitrogens is 2. The molecule has 1 aromatic heterocycles. The van der Waals surface area contributed by atoms with Gasteiger partial charge in [-0.25, -0.2) is 4.98 Å². The lowest BCUT2D eigenvalue weighted by Gasteiger charge is -2.23. The second kappa shape index (κ2) is 8.63. The summed E-state index contributed by atoms with van der Waals surface area (Å²) in [6.07, 6.45) is 0. The van der Waals surface area contributed by atoms with Crippen LogP contribution in [-0.2, 0) is 0 Å². The predicted octanol–water partition coefficient (Wildman–Crippen LogP) is 5.38. The lowest BCUT2D eigenvalue weighted by Crippen LogP contribution is -2.30. The highest BCUT2D eigenvalue weighted by Gasteiger charge is 2.22. The van der Waals surface area contributed by atoms with E-state index in [0.717, 1.165) is 22.5 Å². The molecule has 33 heavy (non-hydrogen) atoms. The maximum absolute atomic E-state index is 13.9. The van der Waals surface area contributed by atoms with Crippen molar-refractivity contribution in [1.82, 2.24) is 9.55 Å². The van der Waals surface area contributed by atoms with Gasteiger partial charge in [0.1, 0.15) is 0 Å². The molecule has 0 aliphatic rings. The molecule has 0 bridgehead atoms. The van der Waals surface area contributed by atoms with E-state index in [0.29, 0.717) is 10.9 Å². The summed E-state index contributed by atoms with van der Waals surface area (Å²) < 4.78 is 1.60. The van der Waals surface area contributed by atoms with Gasteiger partial charge < -0.3 is 10.6 Å². The summed E-state index contributed by atoms with van der Waals surface area (Å²) in [5, 5.41) is 0.529. The molecule has 0 aliphatic heterocycles. The topological polar surface area (TPSA) is 64.2 Å². The lowest BCUT2D eigenvalue weighted by molar-refractivity contribution is 0.656. The Labute approximate surface area is 192 Å². The van der Waals surface area contributed by atoms with Crippen LogP contribution in [0.5, 0.6) is 0 Å². The summed E-state index contributed by atoms with van der Waals surface area (Å²) in [6, 6.07) is 35.2. The van der Waals surface area contributed by atoms with Gasteiger partial charge in [0.2, 0.25) is 5.95 Å². The Morgan fingerprint density at radius 2 is 1.30 bits per heavy atom. The van der Waals surface area contributed by atoms with Gasteiger partial charge in [-0.15, -0.1) is 0 Å². The van der Waals surface area contributed by atoms with E-state index in [1.54, 1.807) is 4.57 Å². The number of nitrogen functional groups attached to an aromatic ring is 1. The van der Waals surface area contributed by atoms with Crippen molar-refractivity contribution in [3.8, 4) is 0 Å². The second-order valence-electron chi connectivity index (χ2n) is 7.97. The normalized spacial score (nSPS) is 11.1. The van der Waals surface area contributed by atoms with Gasteiger partial charge in [0.25, 0.3) is 5.56 Å². The zero-order chi connectivity index (χ0) is 22.8. The molecular weight excluding hydrogens is 408 g/mol. The Bertz CT molecular complexity index is 1410. The van der Waals surface area contributed by atoms with Gasteiger partial charge >= 0.3 is 0 Å². The molecule has 0 saturated heterocycles. The molecule has 0 unspecified atom stereocenters. The van der Waals surface area contributed by atoms with Crippen LogP contribution >= 0.6 is 0 Å². The summed E-state index contributed by atoms with van der Waals surface area (Å²) in [5.41, 5.74) is 10.7. The quantitative estimate of drug-likeness (QED) is 0.405. The molecule has 0 amide bonds. The highest BCUT2D eigenvalue weighted by molar-refractivity contribution is 5.84. The molecule has 0 fully saturated rings. The average molecular weight is 433 g/mol. The molecule has 162 valence electrons. The van der Waals surface area contributed by atoms with Crippen molar-refractivity contribution < 1.29 is 0 Å². The lowest BCUT2D eigenvalue weighted by atomic mass is 9.98. The van der Waals surface area contributed by atoms with Gasteiger partial charge in [-0.2, -0.15) is 0 Å². The summed E-state index contributed by atoms with van der Waals surface area (Å²) in [5.74, 6) is 0.189. The molecule has 4 aromatic carbocycles. The number of benzene rings is 4. The van der Waals surface area contributed by atoms with Crippen molar-refractivity contribution in [2.24, 2.45) is 0 Å². The Hall–Kier alpha value is -4.38. The van der Waals surface area contributed by atoms with E-state index in [4.69, 9.17) is 5.73 Å². The summed E-state index contributed by atoms with van der Waals surface area (Å²) in [7, 11) is 1.98. The fourth-order valence-corrected chi connectivity index (χ4v) is 4.22. The van der Waals surface area contributed by atoms with E-state index in [-0.39, 0.29) is 17.5 Å². The minimum atomic E-state index is -0.382. The van der Waals surface area contributed by atoms with Crippen molar-refractivity contribution in [3.63, 3.8) is 0 Å². The molecule has 0 spiro atoms. The number of rotatable bonds is 5. The zero-order valence-corrected chi connectivity index (χ0v) is 18.3. The number of para-hydroxylation sites is 1. The Balaban J connectivity index is 1.71. The second-order valence-corrected chi connectivity index (χ2v) is 7.97. The van der Waals surface area contributed by atoms with Gasteiger partial charge in [-0.1, -0.05) is 78.9 Å². The standard InChI is InChI=1S/C28H24N4O/c1-31(22-15-9-4-10-16-22)23-17-18-25-24(19-23)27(33)32(28(29)30-25)26(20-11-5-2-6-12-20)21-13-7-3-8-14-21/h2-19,26H,1H3,(H2,29,30). The van der Waals surface area contributed by atoms with Gasteiger partial charge in [-0.05, 0) is 41.5 Å². The van der Waals surface area contributed by atoms with E-state index >= 15 is 0 Å². The monoisotopic (exact) mass is 432 g/mol. The van der Waals surface area contributed by atoms with Gasteiger partial charge in [0, 0.05) is 18.4 Å². The number of nitrogens with zero attached hydrogens (tertiary/aromatic N) is 3. The van der Waals surface area contributed by atoms with E-state index < -0.39 is 0 Å². The average Bonchev–Trinajstić information content (AvgIpc) is 2.87. The first kappa shape index (κ1) is 20.5. The Kier molecular flexibility index (Phi) is 5.37. The molecule has 5 rings (SSSR count). The first-order valence-corrected chi connectivity index (χ1v) is 10.8. The van der Waals surface area contributed by atoms with Crippen LogP contribution in [0, 0.1) is 0 Å². The van der Waals surface area contributed by atoms with Crippen LogP contribution in [0.3, 0.4) is 0 Å². The highest BCUT2D eigenvalue weighted by Crippen LogP contribution is 2.29. The van der Waals surface area contributed by atoms with Crippen LogP contribution < -0.4 is 16.2 Å². The van der Waals surface area contributed by atoms with Gasteiger partial charge in [0.05, 0.1) is 16.9 Å². The Morgan fingerprint density at radius 3 is 1.88 bits per heavy atom. The molecule has 1 heterocycles. The third-order valence-electron chi connectivity index (χ3n) is 5.93. The molecule has 5 nitrogen and oxygen atoms in total. The SMILES string of the molecule is CN(c1ccccc1)c1ccc2nc(N)n(C(c3ccccc3)c3ccccc3)c(=O)c2c1. The zero-order valence-electron chi connectivity index (χ0n) is 18.3. The third-order valence-corrected chi connectivity index (χ3v) is 5.93. The molecule has 5 heteroatoms. The summed E-state index contributed by atoms with van der Waals surface area (Å²) in [6.45, 7) is 0. The number of anilines is 3. The molecule has 0 atom stereocenters. The minimum Gasteiger partial charge on any atom is -0.369 e. The molecule has 0 aliphatic carbocycles. The number of nitrogens with two attached hydrogens (primary N) is 1. The Morgan fingerprint density at radius 1 is 0.758 bits per heavy atom. The molecular formula is C28H24N4O. The van der Waals surface area contributed by atoms with Crippen molar-refractivity contribution in [1.29, 1.82) is 0 Å². The smallest absolute Gasteiger partial charge is 0.263 e. The first-order chi connectivity index (χ1) is 16.1. The number of hydrogen-bond acceptors (Lipinski definition) is 4.